The quantitative estimate of drug-likeness (QED) is 0.830. The molecule has 0 aliphatic heterocycles. The first-order valence-corrected chi connectivity index (χ1v) is 3.78. The van der Waals surface area contributed by atoms with Crippen molar-refractivity contribution in [2.24, 2.45) is 5.73 Å². The first-order chi connectivity index (χ1) is 6.27. The Morgan fingerprint density at radius 2 is 1.93 bits per heavy atom. The Hall–Kier alpha value is -1.39. The largest absolute Gasteiger partial charge is 0.366 e. The van der Waals surface area contributed by atoms with Gasteiger partial charge >= 0.3 is 0 Å². The number of hydrogen-bond acceptors (Lipinski definition) is 3. The Balaban J connectivity index is 0.000000980. The molecule has 15 heavy (non-hydrogen) atoms. The summed E-state index contributed by atoms with van der Waals surface area (Å²) >= 11 is 0. The molecule has 0 aliphatic carbocycles. The van der Waals surface area contributed by atoms with Gasteiger partial charge in [-0.25, -0.2) is 0 Å². The van der Waals surface area contributed by atoms with Crippen LogP contribution in [0.4, 0.5) is 0 Å². The molecule has 0 spiro atoms. The maximum absolute atomic E-state index is 10.8. The lowest BCUT2D eigenvalue weighted by Gasteiger charge is -1.97. The third-order valence-electron chi connectivity index (χ3n) is 1.74. The minimum absolute atomic E-state index is 0. The Kier molecular flexibility index (Phi) is 4.97. The van der Waals surface area contributed by atoms with Crippen LogP contribution in [0.1, 0.15) is 10.4 Å². The van der Waals surface area contributed by atoms with E-state index in [1.165, 1.54) is 6.20 Å². The average molecular weight is 246 g/mol. The van der Waals surface area contributed by atoms with Crippen molar-refractivity contribution in [1.82, 2.24) is 9.97 Å². The van der Waals surface area contributed by atoms with E-state index in [2.05, 4.69) is 9.97 Å². The number of carbonyl (C=O) groups is 1. The fourth-order valence-electron chi connectivity index (χ4n) is 1.09. The van der Waals surface area contributed by atoms with Gasteiger partial charge in [0.25, 0.3) is 0 Å². The fourth-order valence-corrected chi connectivity index (χ4v) is 1.09. The van der Waals surface area contributed by atoms with Crippen LogP contribution >= 0.6 is 24.8 Å². The standard InChI is InChI=1S/C9H7N3O.2ClH/c10-9(13)6-4-8-7(12-5-6)2-1-3-11-8;;/h1-5H,(H2,10,13);2*1H. The molecule has 0 aliphatic rings. The molecule has 2 rings (SSSR count). The molecule has 0 unspecified atom stereocenters. The smallest absolute Gasteiger partial charge is 0.250 e. The highest BCUT2D eigenvalue weighted by molar-refractivity contribution is 5.95. The van der Waals surface area contributed by atoms with Crippen LogP contribution in [0, 0.1) is 0 Å². The Morgan fingerprint density at radius 1 is 1.20 bits per heavy atom. The average Bonchev–Trinajstić information content (AvgIpc) is 2.17. The highest BCUT2D eigenvalue weighted by Crippen LogP contribution is 2.08. The highest BCUT2D eigenvalue weighted by atomic mass is 35.5. The number of pyridine rings is 2. The van der Waals surface area contributed by atoms with Crippen molar-refractivity contribution in [2.45, 2.75) is 0 Å². The fraction of sp³-hybridized carbons (Fsp3) is 0. The summed E-state index contributed by atoms with van der Waals surface area (Å²) in [6.45, 7) is 0. The summed E-state index contributed by atoms with van der Waals surface area (Å²) in [7, 11) is 0. The predicted molar refractivity (Wildman–Crippen MR) is 62.6 cm³/mol. The van der Waals surface area contributed by atoms with Gasteiger partial charge in [-0.15, -0.1) is 24.8 Å². The van der Waals surface area contributed by atoms with Crippen molar-refractivity contribution in [2.75, 3.05) is 0 Å². The zero-order chi connectivity index (χ0) is 9.26. The summed E-state index contributed by atoms with van der Waals surface area (Å²) < 4.78 is 0. The predicted octanol–water partition coefficient (Wildman–Crippen LogP) is 1.57. The normalized spacial score (nSPS) is 8.80. The Morgan fingerprint density at radius 3 is 2.60 bits per heavy atom. The third kappa shape index (κ3) is 2.78. The van der Waals surface area contributed by atoms with Crippen LogP contribution in [-0.4, -0.2) is 15.9 Å². The van der Waals surface area contributed by atoms with Crippen LogP contribution in [0.25, 0.3) is 11.0 Å². The lowest BCUT2D eigenvalue weighted by molar-refractivity contribution is 0.1000. The van der Waals surface area contributed by atoms with Gasteiger partial charge in [0.05, 0.1) is 16.6 Å². The molecule has 2 heterocycles. The molecule has 0 saturated carbocycles. The molecule has 1 amide bonds. The number of nitrogens with two attached hydrogens (primary N) is 1. The van der Waals surface area contributed by atoms with E-state index in [-0.39, 0.29) is 24.8 Å². The van der Waals surface area contributed by atoms with Gasteiger partial charge in [-0.05, 0) is 18.2 Å². The van der Waals surface area contributed by atoms with E-state index in [4.69, 9.17) is 5.73 Å². The molecule has 2 N–H and O–H groups in total. The van der Waals surface area contributed by atoms with Crippen LogP contribution in [0.5, 0.6) is 0 Å². The summed E-state index contributed by atoms with van der Waals surface area (Å²) in [6, 6.07) is 5.25. The van der Waals surface area contributed by atoms with Crippen LogP contribution in [0.15, 0.2) is 30.6 Å². The zero-order valence-electron chi connectivity index (χ0n) is 7.58. The van der Waals surface area contributed by atoms with E-state index in [0.29, 0.717) is 11.1 Å². The van der Waals surface area contributed by atoms with Gasteiger partial charge in [0.2, 0.25) is 5.91 Å². The van der Waals surface area contributed by atoms with Crippen molar-refractivity contribution >= 4 is 41.8 Å². The van der Waals surface area contributed by atoms with Gasteiger partial charge in [0.1, 0.15) is 0 Å². The van der Waals surface area contributed by atoms with E-state index in [1.54, 1.807) is 18.3 Å². The molecule has 0 atom stereocenters. The van der Waals surface area contributed by atoms with Crippen LogP contribution in [0.2, 0.25) is 0 Å². The van der Waals surface area contributed by atoms with Gasteiger partial charge in [-0.2, -0.15) is 0 Å². The van der Waals surface area contributed by atoms with Crippen molar-refractivity contribution < 1.29 is 4.79 Å². The number of carbonyl (C=O) groups excluding carboxylic acids is 1. The minimum atomic E-state index is -0.486. The van der Waals surface area contributed by atoms with E-state index in [1.807, 2.05) is 6.07 Å². The SMILES string of the molecule is Cl.Cl.NC(=O)c1cnc2cccnc2c1. The molecule has 0 bridgehead atoms. The molecule has 0 aromatic carbocycles. The minimum Gasteiger partial charge on any atom is -0.366 e. The van der Waals surface area contributed by atoms with Crippen molar-refractivity contribution in [3.05, 3.63) is 36.2 Å². The number of hydrogen-bond donors (Lipinski definition) is 1. The van der Waals surface area contributed by atoms with Crippen LogP contribution in [-0.2, 0) is 0 Å². The van der Waals surface area contributed by atoms with Crippen LogP contribution < -0.4 is 5.73 Å². The van der Waals surface area contributed by atoms with E-state index < -0.39 is 5.91 Å². The number of rotatable bonds is 1. The number of fused-ring (bicyclic) bond motifs is 1. The molecule has 2 aromatic rings. The van der Waals surface area contributed by atoms with Crippen molar-refractivity contribution in [1.29, 1.82) is 0 Å². The first kappa shape index (κ1) is 13.6. The summed E-state index contributed by atoms with van der Waals surface area (Å²) in [5.41, 5.74) is 6.92. The van der Waals surface area contributed by atoms with E-state index in [0.717, 1.165) is 5.52 Å². The molecule has 6 heteroatoms. The maximum atomic E-state index is 10.8. The molecule has 0 fully saturated rings. The van der Waals surface area contributed by atoms with Gasteiger partial charge in [-0.3, -0.25) is 14.8 Å². The molecule has 0 saturated heterocycles. The topological polar surface area (TPSA) is 68.9 Å². The van der Waals surface area contributed by atoms with Gasteiger partial charge in [0, 0.05) is 12.4 Å². The summed E-state index contributed by atoms with van der Waals surface area (Å²) in [4.78, 5) is 18.9. The molecule has 0 radical (unpaired) electrons. The Bertz CT molecular complexity index is 476. The second-order valence-electron chi connectivity index (χ2n) is 2.63. The molecular weight excluding hydrogens is 237 g/mol. The number of aromatic nitrogens is 2. The summed E-state index contributed by atoms with van der Waals surface area (Å²) in [5.74, 6) is -0.486. The first-order valence-electron chi connectivity index (χ1n) is 3.78. The third-order valence-corrected chi connectivity index (χ3v) is 1.74. The highest BCUT2D eigenvalue weighted by Gasteiger charge is 2.02. The van der Waals surface area contributed by atoms with E-state index >= 15 is 0 Å². The number of primary amides is 1. The lowest BCUT2D eigenvalue weighted by atomic mass is 10.2. The number of nitrogens with zero attached hydrogens (tertiary/aromatic N) is 2. The second-order valence-corrected chi connectivity index (χ2v) is 2.63. The number of amides is 1. The van der Waals surface area contributed by atoms with Gasteiger partial charge in [0.15, 0.2) is 0 Å². The van der Waals surface area contributed by atoms with Crippen LogP contribution in [0.3, 0.4) is 0 Å². The maximum Gasteiger partial charge on any atom is 0.250 e. The molecule has 2 aromatic heterocycles. The number of halogens is 2. The molecular formula is C9H9Cl2N3O. The second kappa shape index (κ2) is 5.48. The van der Waals surface area contributed by atoms with Gasteiger partial charge in [-0.1, -0.05) is 0 Å². The molecule has 4 nitrogen and oxygen atoms in total. The molecule has 80 valence electrons. The van der Waals surface area contributed by atoms with Crippen molar-refractivity contribution in [3.8, 4) is 0 Å². The zero-order valence-corrected chi connectivity index (χ0v) is 9.22. The Labute approximate surface area is 98.7 Å². The summed E-state index contributed by atoms with van der Waals surface area (Å²) in [6.07, 6.45) is 3.10. The van der Waals surface area contributed by atoms with E-state index in [9.17, 15) is 4.79 Å². The summed E-state index contributed by atoms with van der Waals surface area (Å²) in [5, 5.41) is 0. The monoisotopic (exact) mass is 245 g/mol. The lowest BCUT2D eigenvalue weighted by Crippen LogP contribution is -2.11. The van der Waals surface area contributed by atoms with Crippen molar-refractivity contribution in [3.63, 3.8) is 0 Å². The van der Waals surface area contributed by atoms with Gasteiger partial charge < -0.3 is 5.73 Å².